The molecule has 9 heteroatoms. The molecule has 204 valence electrons. The Morgan fingerprint density at radius 3 is 2.54 bits per heavy atom. The molecule has 0 amide bonds. The van der Waals surface area contributed by atoms with Crippen molar-refractivity contribution in [1.29, 1.82) is 0 Å². The SMILES string of the molecule is CCCCc1cn(-c2c(C(C)C)ccn2C(C)C)c(=O)n1CC1(c2cccc(-c3nn[nH]n3)c2)C=CNC=C1. The van der Waals surface area contributed by atoms with E-state index in [0.717, 1.165) is 41.9 Å². The fourth-order valence-electron chi connectivity index (χ4n) is 5.38. The Morgan fingerprint density at radius 2 is 1.87 bits per heavy atom. The predicted octanol–water partition coefficient (Wildman–Crippen LogP) is 5.24. The third-order valence-electron chi connectivity index (χ3n) is 7.55. The number of benzene rings is 1. The molecular weight excluding hydrogens is 488 g/mol. The van der Waals surface area contributed by atoms with E-state index in [2.05, 4.69) is 108 Å². The molecule has 0 bridgehead atoms. The summed E-state index contributed by atoms with van der Waals surface area (Å²) in [5.41, 5.74) is 3.58. The number of nitrogens with one attached hydrogen (secondary N) is 2. The second-order valence-electron chi connectivity index (χ2n) is 10.9. The topological polar surface area (TPSA) is 98.4 Å². The lowest BCUT2D eigenvalue weighted by atomic mass is 9.78. The summed E-state index contributed by atoms with van der Waals surface area (Å²) in [7, 11) is 0. The largest absolute Gasteiger partial charge is 0.368 e. The first-order valence-corrected chi connectivity index (χ1v) is 13.8. The molecule has 4 aromatic rings. The average Bonchev–Trinajstić information content (AvgIpc) is 3.68. The van der Waals surface area contributed by atoms with Crippen LogP contribution in [0.5, 0.6) is 0 Å². The van der Waals surface area contributed by atoms with E-state index in [1.54, 1.807) is 0 Å². The van der Waals surface area contributed by atoms with Gasteiger partial charge >= 0.3 is 5.69 Å². The number of hydrogen-bond donors (Lipinski definition) is 2. The minimum Gasteiger partial charge on any atom is -0.368 e. The number of imidazole rings is 1. The molecule has 39 heavy (non-hydrogen) atoms. The first-order chi connectivity index (χ1) is 18.8. The van der Waals surface area contributed by atoms with Crippen molar-refractivity contribution < 1.29 is 0 Å². The number of aryl methyl sites for hydroxylation is 1. The van der Waals surface area contributed by atoms with Crippen molar-refractivity contribution in [3.63, 3.8) is 0 Å². The van der Waals surface area contributed by atoms with Gasteiger partial charge in [-0.1, -0.05) is 57.5 Å². The van der Waals surface area contributed by atoms with Crippen LogP contribution >= 0.6 is 0 Å². The average molecular weight is 527 g/mol. The van der Waals surface area contributed by atoms with Crippen LogP contribution in [-0.2, 0) is 18.4 Å². The van der Waals surface area contributed by atoms with E-state index in [9.17, 15) is 4.79 Å². The van der Waals surface area contributed by atoms with E-state index >= 15 is 0 Å². The fraction of sp³-hybridized carbons (Fsp3) is 0.400. The summed E-state index contributed by atoms with van der Waals surface area (Å²) in [6.07, 6.45) is 15.2. The zero-order chi connectivity index (χ0) is 27.6. The highest BCUT2D eigenvalue weighted by molar-refractivity contribution is 5.57. The van der Waals surface area contributed by atoms with Crippen LogP contribution in [0.4, 0.5) is 0 Å². The van der Waals surface area contributed by atoms with Crippen molar-refractivity contribution in [2.45, 2.75) is 77.8 Å². The van der Waals surface area contributed by atoms with E-state index in [1.165, 1.54) is 5.56 Å². The van der Waals surface area contributed by atoms with Gasteiger partial charge in [0.1, 0.15) is 5.82 Å². The Kier molecular flexibility index (Phi) is 7.41. The molecule has 0 radical (unpaired) electrons. The van der Waals surface area contributed by atoms with Crippen LogP contribution in [-0.4, -0.2) is 34.3 Å². The lowest BCUT2D eigenvalue weighted by molar-refractivity contribution is 0.494. The van der Waals surface area contributed by atoms with Gasteiger partial charge in [-0.2, -0.15) is 5.21 Å². The quantitative estimate of drug-likeness (QED) is 0.295. The maximum absolute atomic E-state index is 14.3. The summed E-state index contributed by atoms with van der Waals surface area (Å²) >= 11 is 0. The Labute approximate surface area is 229 Å². The molecule has 2 N–H and O–H groups in total. The van der Waals surface area contributed by atoms with Gasteiger partial charge in [0.25, 0.3) is 0 Å². The molecule has 0 unspecified atom stereocenters. The molecular formula is C30H38N8O. The molecule has 0 fully saturated rings. The number of dihydropyridines is 1. The minimum absolute atomic E-state index is 0.0161. The normalized spacial score (nSPS) is 14.4. The highest BCUT2D eigenvalue weighted by Crippen LogP contribution is 2.34. The summed E-state index contributed by atoms with van der Waals surface area (Å²) in [6, 6.07) is 10.5. The Bertz CT molecular complexity index is 1490. The van der Waals surface area contributed by atoms with Crippen LogP contribution in [0.1, 0.15) is 76.2 Å². The Balaban J connectivity index is 1.66. The number of rotatable bonds is 10. The van der Waals surface area contributed by atoms with Gasteiger partial charge < -0.3 is 9.88 Å². The van der Waals surface area contributed by atoms with E-state index in [-0.39, 0.29) is 11.7 Å². The summed E-state index contributed by atoms with van der Waals surface area (Å²) in [5.74, 6) is 1.80. The van der Waals surface area contributed by atoms with Crippen molar-refractivity contribution in [3.05, 3.63) is 94.6 Å². The maximum Gasteiger partial charge on any atom is 0.334 e. The number of hydrogen-bond acceptors (Lipinski definition) is 5. The van der Waals surface area contributed by atoms with E-state index < -0.39 is 5.41 Å². The zero-order valence-corrected chi connectivity index (χ0v) is 23.4. The summed E-state index contributed by atoms with van der Waals surface area (Å²) in [4.78, 5) is 14.3. The minimum atomic E-state index is -0.539. The van der Waals surface area contributed by atoms with Crippen molar-refractivity contribution in [2.75, 3.05) is 0 Å². The highest BCUT2D eigenvalue weighted by atomic mass is 16.1. The number of aromatic amines is 1. The summed E-state index contributed by atoms with van der Waals surface area (Å²) in [6.45, 7) is 11.3. The summed E-state index contributed by atoms with van der Waals surface area (Å²) in [5, 5.41) is 17.7. The van der Waals surface area contributed by atoms with Crippen LogP contribution in [0.25, 0.3) is 17.2 Å². The van der Waals surface area contributed by atoms with Gasteiger partial charge in [0.05, 0.1) is 5.41 Å². The molecule has 0 spiro atoms. The number of allylic oxidation sites excluding steroid dienone is 2. The molecule has 0 aliphatic carbocycles. The molecule has 3 aromatic heterocycles. The first-order valence-electron chi connectivity index (χ1n) is 13.8. The smallest absolute Gasteiger partial charge is 0.334 e. The first kappa shape index (κ1) is 26.5. The van der Waals surface area contributed by atoms with Crippen molar-refractivity contribution in [2.24, 2.45) is 0 Å². The number of H-pyrrole nitrogens is 1. The maximum atomic E-state index is 14.3. The predicted molar refractivity (Wildman–Crippen MR) is 154 cm³/mol. The number of aromatic nitrogens is 7. The third kappa shape index (κ3) is 5.01. The number of tetrazole rings is 1. The van der Waals surface area contributed by atoms with Crippen LogP contribution in [0.2, 0.25) is 0 Å². The zero-order valence-electron chi connectivity index (χ0n) is 23.4. The molecule has 1 aliphatic rings. The monoisotopic (exact) mass is 526 g/mol. The fourth-order valence-corrected chi connectivity index (χ4v) is 5.38. The number of unbranched alkanes of at least 4 members (excludes halogenated alkanes) is 1. The van der Waals surface area contributed by atoms with Crippen LogP contribution in [0, 0.1) is 0 Å². The third-order valence-corrected chi connectivity index (χ3v) is 7.55. The van der Waals surface area contributed by atoms with E-state index in [1.807, 2.05) is 33.7 Å². The molecule has 5 rings (SSSR count). The second-order valence-corrected chi connectivity index (χ2v) is 10.9. The number of nitrogens with zero attached hydrogens (tertiary/aromatic N) is 6. The van der Waals surface area contributed by atoms with Gasteiger partial charge in [-0.05, 0) is 73.5 Å². The van der Waals surface area contributed by atoms with Gasteiger partial charge in [0, 0.05) is 36.2 Å². The van der Waals surface area contributed by atoms with Crippen LogP contribution in [0.15, 0.2) is 72.1 Å². The van der Waals surface area contributed by atoms with Gasteiger partial charge in [0.15, 0.2) is 0 Å². The molecule has 0 saturated carbocycles. The van der Waals surface area contributed by atoms with Crippen molar-refractivity contribution in [1.82, 2.24) is 39.6 Å². The van der Waals surface area contributed by atoms with Gasteiger partial charge in [-0.15, -0.1) is 10.2 Å². The van der Waals surface area contributed by atoms with Gasteiger partial charge in [-0.3, -0.25) is 9.13 Å². The Hall–Kier alpha value is -4.14. The van der Waals surface area contributed by atoms with Crippen molar-refractivity contribution in [3.8, 4) is 17.2 Å². The molecule has 0 atom stereocenters. The molecule has 9 nitrogen and oxygen atoms in total. The summed E-state index contributed by atoms with van der Waals surface area (Å²) < 4.78 is 6.05. The lowest BCUT2D eigenvalue weighted by Gasteiger charge is -2.31. The van der Waals surface area contributed by atoms with Crippen molar-refractivity contribution >= 4 is 0 Å². The Morgan fingerprint density at radius 1 is 1.08 bits per heavy atom. The van der Waals surface area contributed by atoms with E-state index in [4.69, 9.17) is 0 Å². The van der Waals surface area contributed by atoms with E-state index in [0.29, 0.717) is 18.3 Å². The van der Waals surface area contributed by atoms with Gasteiger partial charge in [-0.25, -0.2) is 4.79 Å². The molecule has 1 aliphatic heterocycles. The standard InChI is InChI=1S/C30H38N8O/c1-6-7-11-25-19-37(28-26(21(2)3)12-17-36(28)22(4)5)29(39)38(25)20-30(13-15-31-16-14-30)24-10-8-9-23(18-24)27-32-34-35-33-27/h8-10,12-19,21-22,31H,6-7,11,20H2,1-5H3,(H,32,33,34,35). The molecule has 1 aromatic carbocycles. The second kappa shape index (κ2) is 10.9. The highest BCUT2D eigenvalue weighted by Gasteiger charge is 2.32. The molecule has 0 saturated heterocycles. The van der Waals surface area contributed by atoms with Crippen LogP contribution < -0.4 is 11.0 Å². The van der Waals surface area contributed by atoms with Gasteiger partial charge in [0.2, 0.25) is 5.82 Å². The lowest BCUT2D eigenvalue weighted by Crippen LogP contribution is -2.36. The van der Waals surface area contributed by atoms with Crippen LogP contribution in [0.3, 0.4) is 0 Å². The molecule has 4 heterocycles.